The van der Waals surface area contributed by atoms with Crippen molar-refractivity contribution in [3.63, 3.8) is 0 Å². The molecule has 1 aromatic heterocycles. The molecule has 0 fully saturated rings. The number of aryl methyl sites for hydroxylation is 1. The molecule has 0 bridgehead atoms. The number of nitrogens with zero attached hydrogens (tertiary/aromatic N) is 1. The average molecular weight is 168 g/mol. The number of aromatic nitrogens is 2. The van der Waals surface area contributed by atoms with Crippen molar-refractivity contribution < 1.29 is 0 Å². The summed E-state index contributed by atoms with van der Waals surface area (Å²) >= 11 is 0. The first-order chi connectivity index (χ1) is 5.69. The first-order valence-electron chi connectivity index (χ1n) is 4.02. The van der Waals surface area contributed by atoms with Gasteiger partial charge in [0, 0.05) is 18.3 Å². The molecular weight excluding hydrogens is 156 g/mol. The maximum atomic E-state index is 11.2. The molecule has 1 aromatic rings. The van der Waals surface area contributed by atoms with Crippen LogP contribution in [0.5, 0.6) is 0 Å². The van der Waals surface area contributed by atoms with E-state index in [-0.39, 0.29) is 11.2 Å². The van der Waals surface area contributed by atoms with Gasteiger partial charge in [0.1, 0.15) is 0 Å². The van der Waals surface area contributed by atoms with Crippen LogP contribution in [0.1, 0.15) is 19.5 Å². The van der Waals surface area contributed by atoms with E-state index in [1.807, 2.05) is 6.92 Å². The van der Waals surface area contributed by atoms with Crippen molar-refractivity contribution in [3.05, 3.63) is 32.6 Å². The SMILES string of the molecule is CCc1cc(=O)n(CC)c(=O)[nH]1. The van der Waals surface area contributed by atoms with Crippen molar-refractivity contribution in [1.29, 1.82) is 0 Å². The van der Waals surface area contributed by atoms with Crippen molar-refractivity contribution >= 4 is 0 Å². The number of hydrogen-bond donors (Lipinski definition) is 1. The highest BCUT2D eigenvalue weighted by molar-refractivity contribution is 4.98. The Morgan fingerprint density at radius 3 is 2.50 bits per heavy atom. The summed E-state index contributed by atoms with van der Waals surface area (Å²) in [5.41, 5.74) is 0.148. The van der Waals surface area contributed by atoms with Gasteiger partial charge in [0.25, 0.3) is 5.56 Å². The Kier molecular flexibility index (Phi) is 2.47. The highest BCUT2D eigenvalue weighted by atomic mass is 16.2. The molecule has 1 N–H and O–H groups in total. The summed E-state index contributed by atoms with van der Waals surface area (Å²) in [6.45, 7) is 4.07. The standard InChI is InChI=1S/C8H12N2O2/c1-3-6-5-7(11)10(4-2)8(12)9-6/h5H,3-4H2,1-2H3,(H,9,12). The highest BCUT2D eigenvalue weighted by Gasteiger charge is 1.99. The third kappa shape index (κ3) is 1.47. The van der Waals surface area contributed by atoms with Crippen LogP contribution in [0, 0.1) is 0 Å². The van der Waals surface area contributed by atoms with Crippen LogP contribution in [0.2, 0.25) is 0 Å². The molecule has 0 saturated heterocycles. The molecule has 4 nitrogen and oxygen atoms in total. The molecule has 0 radical (unpaired) electrons. The fraction of sp³-hybridized carbons (Fsp3) is 0.500. The number of aromatic amines is 1. The topological polar surface area (TPSA) is 54.9 Å². The second kappa shape index (κ2) is 3.38. The minimum absolute atomic E-state index is 0.224. The van der Waals surface area contributed by atoms with E-state index in [9.17, 15) is 9.59 Å². The van der Waals surface area contributed by atoms with Crippen molar-refractivity contribution in [2.24, 2.45) is 0 Å². The lowest BCUT2D eigenvalue weighted by Crippen LogP contribution is -2.34. The number of rotatable bonds is 2. The van der Waals surface area contributed by atoms with Crippen molar-refractivity contribution in [1.82, 2.24) is 9.55 Å². The van der Waals surface area contributed by atoms with E-state index in [0.29, 0.717) is 18.7 Å². The van der Waals surface area contributed by atoms with E-state index < -0.39 is 0 Å². The summed E-state index contributed by atoms with van der Waals surface area (Å²) in [4.78, 5) is 25.0. The van der Waals surface area contributed by atoms with Crippen LogP contribution in [0.3, 0.4) is 0 Å². The molecule has 0 aromatic carbocycles. The van der Waals surface area contributed by atoms with Gasteiger partial charge in [-0.3, -0.25) is 9.36 Å². The van der Waals surface area contributed by atoms with E-state index in [1.165, 1.54) is 10.6 Å². The normalized spacial score (nSPS) is 10.2. The van der Waals surface area contributed by atoms with E-state index in [0.717, 1.165) is 0 Å². The Bertz CT molecular complexity index is 344. The van der Waals surface area contributed by atoms with Crippen LogP contribution < -0.4 is 11.2 Å². The van der Waals surface area contributed by atoms with Crippen molar-refractivity contribution in [3.8, 4) is 0 Å². The van der Waals surface area contributed by atoms with Gasteiger partial charge in [-0.25, -0.2) is 4.79 Å². The Morgan fingerprint density at radius 2 is 2.08 bits per heavy atom. The van der Waals surface area contributed by atoms with Crippen LogP contribution >= 0.6 is 0 Å². The van der Waals surface area contributed by atoms with Gasteiger partial charge in [-0.05, 0) is 13.3 Å². The second-order valence-corrected chi connectivity index (χ2v) is 2.54. The molecule has 66 valence electrons. The summed E-state index contributed by atoms with van der Waals surface area (Å²) in [7, 11) is 0. The van der Waals surface area contributed by atoms with Crippen LogP contribution in [0.4, 0.5) is 0 Å². The van der Waals surface area contributed by atoms with Gasteiger partial charge < -0.3 is 4.98 Å². The monoisotopic (exact) mass is 168 g/mol. The number of hydrogen-bond acceptors (Lipinski definition) is 2. The van der Waals surface area contributed by atoms with E-state index in [1.54, 1.807) is 6.92 Å². The van der Waals surface area contributed by atoms with Gasteiger partial charge in [-0.1, -0.05) is 6.92 Å². The maximum Gasteiger partial charge on any atom is 0.328 e. The third-order valence-electron chi connectivity index (χ3n) is 1.77. The first-order valence-corrected chi connectivity index (χ1v) is 4.02. The Balaban J connectivity index is 3.39. The van der Waals surface area contributed by atoms with Gasteiger partial charge in [0.05, 0.1) is 0 Å². The zero-order valence-electron chi connectivity index (χ0n) is 7.26. The van der Waals surface area contributed by atoms with Gasteiger partial charge >= 0.3 is 5.69 Å². The molecule has 0 aliphatic rings. The zero-order valence-corrected chi connectivity index (χ0v) is 7.26. The first kappa shape index (κ1) is 8.77. The molecule has 0 saturated carbocycles. The molecule has 4 heteroatoms. The lowest BCUT2D eigenvalue weighted by molar-refractivity contribution is 0.663. The fourth-order valence-electron chi connectivity index (χ4n) is 1.06. The van der Waals surface area contributed by atoms with E-state index in [4.69, 9.17) is 0 Å². The summed E-state index contributed by atoms with van der Waals surface area (Å²) in [5, 5.41) is 0. The Hall–Kier alpha value is -1.32. The number of H-pyrrole nitrogens is 1. The molecule has 0 aliphatic carbocycles. The van der Waals surface area contributed by atoms with Gasteiger partial charge in [0.2, 0.25) is 0 Å². The second-order valence-electron chi connectivity index (χ2n) is 2.54. The lowest BCUT2D eigenvalue weighted by atomic mass is 10.3. The summed E-state index contributed by atoms with van der Waals surface area (Å²) in [6, 6.07) is 1.46. The van der Waals surface area contributed by atoms with Crippen molar-refractivity contribution in [2.75, 3.05) is 0 Å². The average Bonchev–Trinajstić information content (AvgIpc) is 2.03. The van der Waals surface area contributed by atoms with Gasteiger partial charge in [-0.2, -0.15) is 0 Å². The summed E-state index contributed by atoms with van der Waals surface area (Å²) < 4.78 is 1.17. The van der Waals surface area contributed by atoms with Crippen molar-refractivity contribution in [2.45, 2.75) is 26.8 Å². The smallest absolute Gasteiger partial charge is 0.311 e. The molecule has 0 amide bonds. The molecule has 0 atom stereocenters. The summed E-state index contributed by atoms with van der Waals surface area (Å²) in [5.74, 6) is 0. The summed E-state index contributed by atoms with van der Waals surface area (Å²) in [6.07, 6.45) is 0.676. The fourth-order valence-corrected chi connectivity index (χ4v) is 1.06. The van der Waals surface area contributed by atoms with E-state index >= 15 is 0 Å². The molecule has 1 heterocycles. The molecular formula is C8H12N2O2. The Labute approximate surface area is 69.9 Å². The Morgan fingerprint density at radius 1 is 1.42 bits per heavy atom. The molecule has 0 spiro atoms. The van der Waals surface area contributed by atoms with Crippen LogP contribution in [0.25, 0.3) is 0 Å². The zero-order chi connectivity index (χ0) is 9.14. The lowest BCUT2D eigenvalue weighted by Gasteiger charge is -2.00. The van der Waals surface area contributed by atoms with Gasteiger partial charge in [-0.15, -0.1) is 0 Å². The molecule has 0 unspecified atom stereocenters. The predicted octanol–water partition coefficient (Wildman–Crippen LogP) is 0.119. The largest absolute Gasteiger partial charge is 0.328 e. The quantitative estimate of drug-likeness (QED) is 0.681. The highest BCUT2D eigenvalue weighted by Crippen LogP contribution is 1.85. The minimum Gasteiger partial charge on any atom is -0.311 e. The van der Waals surface area contributed by atoms with E-state index in [2.05, 4.69) is 4.98 Å². The van der Waals surface area contributed by atoms with Crippen LogP contribution in [-0.4, -0.2) is 9.55 Å². The molecule has 1 rings (SSSR count). The molecule has 0 aliphatic heterocycles. The number of nitrogens with one attached hydrogen (secondary N) is 1. The maximum absolute atomic E-state index is 11.2. The predicted molar refractivity (Wildman–Crippen MR) is 46.4 cm³/mol. The van der Waals surface area contributed by atoms with Gasteiger partial charge in [0.15, 0.2) is 0 Å². The van der Waals surface area contributed by atoms with Crippen LogP contribution in [-0.2, 0) is 13.0 Å². The van der Waals surface area contributed by atoms with Crippen LogP contribution in [0.15, 0.2) is 15.7 Å². The third-order valence-corrected chi connectivity index (χ3v) is 1.77. The molecule has 12 heavy (non-hydrogen) atoms. The minimum atomic E-state index is -0.318.